The van der Waals surface area contributed by atoms with Crippen molar-refractivity contribution in [3.05, 3.63) is 39.8 Å². The molecule has 0 spiro atoms. The predicted octanol–water partition coefficient (Wildman–Crippen LogP) is 2.87. The van der Waals surface area contributed by atoms with E-state index in [0.29, 0.717) is 13.3 Å². The Labute approximate surface area is 152 Å². The fraction of sp³-hybridized carbons (Fsp3) is 0.444. The summed E-state index contributed by atoms with van der Waals surface area (Å²) in [7, 11) is 0. The van der Waals surface area contributed by atoms with Crippen molar-refractivity contribution in [2.24, 2.45) is 4.99 Å². The van der Waals surface area contributed by atoms with Crippen LogP contribution in [-0.4, -0.2) is 30.8 Å². The van der Waals surface area contributed by atoms with E-state index in [4.69, 9.17) is 9.47 Å². The Morgan fingerprint density at radius 1 is 1.28 bits per heavy atom. The quantitative estimate of drug-likeness (QED) is 0.451. The Kier molecular flexibility index (Phi) is 6.11. The lowest BCUT2D eigenvalue weighted by Crippen LogP contribution is -2.37. The number of guanidine groups is 1. The molecule has 1 aromatic heterocycles. The van der Waals surface area contributed by atoms with Crippen LogP contribution in [0.15, 0.2) is 28.6 Å². The molecule has 25 heavy (non-hydrogen) atoms. The lowest BCUT2D eigenvalue weighted by atomic mass is 10.2. The number of ether oxygens (including phenoxy) is 2. The van der Waals surface area contributed by atoms with Crippen LogP contribution in [0.2, 0.25) is 0 Å². The number of benzene rings is 1. The van der Waals surface area contributed by atoms with Crippen LogP contribution in [0.4, 0.5) is 0 Å². The zero-order chi connectivity index (χ0) is 17.5. The Balaban J connectivity index is 1.48. The molecule has 2 aromatic rings. The van der Waals surface area contributed by atoms with Gasteiger partial charge in [0.15, 0.2) is 17.5 Å². The van der Waals surface area contributed by atoms with Crippen LogP contribution in [0.1, 0.15) is 29.6 Å². The topological polar surface area (TPSA) is 67.8 Å². The van der Waals surface area contributed by atoms with E-state index in [2.05, 4.69) is 32.9 Å². The van der Waals surface area contributed by atoms with Crippen LogP contribution in [0.5, 0.6) is 11.5 Å². The van der Waals surface area contributed by atoms with Gasteiger partial charge in [0.25, 0.3) is 0 Å². The van der Waals surface area contributed by atoms with Gasteiger partial charge in [-0.1, -0.05) is 6.07 Å². The van der Waals surface area contributed by atoms with E-state index in [1.165, 1.54) is 5.01 Å². The first-order valence-corrected chi connectivity index (χ1v) is 9.44. The molecule has 3 rings (SSSR count). The summed E-state index contributed by atoms with van der Waals surface area (Å²) in [6, 6.07) is 5.94. The van der Waals surface area contributed by atoms with E-state index < -0.39 is 0 Å². The van der Waals surface area contributed by atoms with Crippen molar-refractivity contribution >= 4 is 17.3 Å². The molecule has 0 bridgehead atoms. The van der Waals surface area contributed by atoms with Gasteiger partial charge in [-0.3, -0.25) is 0 Å². The second-order valence-electron chi connectivity index (χ2n) is 5.80. The second-order valence-corrected chi connectivity index (χ2v) is 6.74. The Morgan fingerprint density at radius 3 is 2.96 bits per heavy atom. The van der Waals surface area contributed by atoms with Gasteiger partial charge in [-0.15, -0.1) is 11.3 Å². The molecule has 0 amide bonds. The van der Waals surface area contributed by atoms with E-state index in [0.717, 1.165) is 54.6 Å². The number of aliphatic imine (C=N–C) groups is 1. The number of nitrogens with one attached hydrogen (secondary N) is 2. The zero-order valence-electron chi connectivity index (χ0n) is 14.7. The highest BCUT2D eigenvalue weighted by Crippen LogP contribution is 2.32. The van der Waals surface area contributed by atoms with Gasteiger partial charge < -0.3 is 20.1 Å². The fourth-order valence-corrected chi connectivity index (χ4v) is 3.33. The molecule has 2 heterocycles. The van der Waals surface area contributed by atoms with Crippen molar-refractivity contribution < 1.29 is 9.47 Å². The number of hydrogen-bond acceptors (Lipinski definition) is 5. The van der Waals surface area contributed by atoms with Gasteiger partial charge in [0, 0.05) is 30.6 Å². The molecular formula is C18H24N4O2S. The minimum absolute atomic E-state index is 0.297. The minimum Gasteiger partial charge on any atom is -0.454 e. The first-order valence-electron chi connectivity index (χ1n) is 8.56. The van der Waals surface area contributed by atoms with Crippen LogP contribution >= 0.6 is 11.3 Å². The predicted molar refractivity (Wildman–Crippen MR) is 101 cm³/mol. The maximum atomic E-state index is 5.41. The van der Waals surface area contributed by atoms with Gasteiger partial charge in [-0.25, -0.2) is 9.98 Å². The maximum Gasteiger partial charge on any atom is 0.231 e. The highest BCUT2D eigenvalue weighted by atomic mass is 32.1. The molecule has 0 unspecified atom stereocenters. The van der Waals surface area contributed by atoms with E-state index in [9.17, 15) is 0 Å². The molecule has 2 N–H and O–H groups in total. The molecule has 6 nitrogen and oxygen atoms in total. The third-order valence-corrected chi connectivity index (χ3v) is 4.75. The summed E-state index contributed by atoms with van der Waals surface area (Å²) in [6.45, 7) is 6.69. The molecule has 0 fully saturated rings. The van der Waals surface area contributed by atoms with Crippen LogP contribution in [0, 0.1) is 6.92 Å². The molecule has 1 aromatic carbocycles. The third kappa shape index (κ3) is 5.09. The maximum absolute atomic E-state index is 5.41. The summed E-state index contributed by atoms with van der Waals surface area (Å²) in [4.78, 5) is 9.13. The number of aryl methyl sites for hydroxylation is 2. The van der Waals surface area contributed by atoms with Crippen LogP contribution < -0.4 is 20.1 Å². The molecule has 0 atom stereocenters. The molecule has 0 saturated heterocycles. The van der Waals surface area contributed by atoms with Crippen molar-refractivity contribution in [1.82, 2.24) is 15.6 Å². The fourth-order valence-electron chi connectivity index (χ4n) is 2.52. The summed E-state index contributed by atoms with van der Waals surface area (Å²) < 4.78 is 10.7. The smallest absolute Gasteiger partial charge is 0.231 e. The van der Waals surface area contributed by atoms with Gasteiger partial charge in [0.2, 0.25) is 6.79 Å². The number of thiazole rings is 1. The summed E-state index contributed by atoms with van der Waals surface area (Å²) in [5, 5.41) is 9.95. The van der Waals surface area contributed by atoms with Crippen molar-refractivity contribution in [2.75, 3.05) is 19.9 Å². The average Bonchev–Trinajstić information content (AvgIpc) is 3.24. The lowest BCUT2D eigenvalue weighted by Gasteiger charge is -2.11. The highest BCUT2D eigenvalue weighted by Gasteiger charge is 2.12. The number of nitrogens with zero attached hydrogens (tertiary/aromatic N) is 2. The number of hydrogen-bond donors (Lipinski definition) is 2. The van der Waals surface area contributed by atoms with Crippen molar-refractivity contribution in [1.29, 1.82) is 0 Å². The Hall–Kier alpha value is -2.28. The first-order chi connectivity index (χ1) is 12.2. The van der Waals surface area contributed by atoms with E-state index in [-0.39, 0.29) is 0 Å². The van der Waals surface area contributed by atoms with E-state index in [1.807, 2.05) is 25.1 Å². The van der Waals surface area contributed by atoms with Crippen LogP contribution in [0.25, 0.3) is 0 Å². The first kappa shape index (κ1) is 17.5. The summed E-state index contributed by atoms with van der Waals surface area (Å²) in [6.07, 6.45) is 2.02. The van der Waals surface area contributed by atoms with Crippen LogP contribution in [0.3, 0.4) is 0 Å². The van der Waals surface area contributed by atoms with Crippen molar-refractivity contribution in [2.45, 2.75) is 33.2 Å². The second kappa shape index (κ2) is 8.71. The molecule has 0 aliphatic carbocycles. The van der Waals surface area contributed by atoms with Gasteiger partial charge in [-0.2, -0.15) is 0 Å². The lowest BCUT2D eigenvalue weighted by molar-refractivity contribution is 0.174. The standard InChI is InChI=1S/C18H24N4O2S/c1-3-19-18(20-8-4-5-17-22-13(2)11-25-17)21-10-14-6-7-15-16(9-14)24-12-23-15/h6-7,9,11H,3-5,8,10,12H2,1-2H3,(H2,19,20,21). The molecule has 0 saturated carbocycles. The van der Waals surface area contributed by atoms with Crippen LogP contribution in [-0.2, 0) is 13.0 Å². The van der Waals surface area contributed by atoms with Crippen molar-refractivity contribution in [3.63, 3.8) is 0 Å². The molecule has 1 aliphatic heterocycles. The molecule has 1 aliphatic rings. The minimum atomic E-state index is 0.297. The number of rotatable bonds is 7. The SMILES string of the molecule is CCNC(=NCc1ccc2c(c1)OCO2)NCCCc1nc(C)cs1. The zero-order valence-corrected chi connectivity index (χ0v) is 15.5. The van der Waals surface area contributed by atoms with Crippen molar-refractivity contribution in [3.8, 4) is 11.5 Å². The summed E-state index contributed by atoms with van der Waals surface area (Å²) >= 11 is 1.73. The average molecular weight is 360 g/mol. The highest BCUT2D eigenvalue weighted by molar-refractivity contribution is 7.09. The summed E-state index contributed by atoms with van der Waals surface area (Å²) in [5.41, 5.74) is 2.20. The largest absolute Gasteiger partial charge is 0.454 e. The van der Waals surface area contributed by atoms with E-state index in [1.54, 1.807) is 11.3 Å². The molecule has 0 radical (unpaired) electrons. The van der Waals surface area contributed by atoms with Gasteiger partial charge in [-0.05, 0) is 38.0 Å². The summed E-state index contributed by atoms with van der Waals surface area (Å²) in [5.74, 6) is 2.43. The van der Waals surface area contributed by atoms with Gasteiger partial charge in [0.1, 0.15) is 0 Å². The molecule has 7 heteroatoms. The normalized spacial score (nSPS) is 13.1. The molecular weight excluding hydrogens is 336 g/mol. The number of aromatic nitrogens is 1. The van der Waals surface area contributed by atoms with Gasteiger partial charge >= 0.3 is 0 Å². The Morgan fingerprint density at radius 2 is 2.16 bits per heavy atom. The van der Waals surface area contributed by atoms with Gasteiger partial charge in [0.05, 0.1) is 11.6 Å². The third-order valence-electron chi connectivity index (χ3n) is 3.73. The monoisotopic (exact) mass is 360 g/mol. The Bertz CT molecular complexity index is 730. The number of fused-ring (bicyclic) bond motifs is 1. The van der Waals surface area contributed by atoms with E-state index >= 15 is 0 Å². The molecule has 134 valence electrons.